The van der Waals surface area contributed by atoms with Gasteiger partial charge in [0.25, 0.3) is 0 Å². The molecule has 2 aromatic rings. The maximum absolute atomic E-state index is 12.9. The van der Waals surface area contributed by atoms with E-state index in [1.165, 1.54) is 17.1 Å². The molecule has 2 aromatic carbocycles. The minimum atomic E-state index is -0.269. The lowest BCUT2D eigenvalue weighted by atomic mass is 10.1. The number of carbonyl (C=O) groups excluding carboxylic acids is 1. The fourth-order valence-corrected chi connectivity index (χ4v) is 2.34. The van der Waals surface area contributed by atoms with Crippen molar-refractivity contribution in [2.45, 2.75) is 12.8 Å². The topological polar surface area (TPSA) is 32.7 Å². The zero-order chi connectivity index (χ0) is 14.7. The zero-order valence-corrected chi connectivity index (χ0v) is 11.5. The number of benzene rings is 2. The molecule has 0 aliphatic carbocycles. The zero-order valence-electron chi connectivity index (χ0n) is 11.5. The van der Waals surface area contributed by atoms with Crippen LogP contribution in [0.5, 0.6) is 0 Å². The average molecular weight is 282 g/mol. The lowest BCUT2D eigenvalue weighted by Gasteiger charge is -2.11. The summed E-state index contributed by atoms with van der Waals surface area (Å²) in [5, 5.41) is 5.87. The molecule has 1 amide bonds. The van der Waals surface area contributed by atoms with E-state index in [9.17, 15) is 9.18 Å². The van der Waals surface area contributed by atoms with Crippen LogP contribution in [0.4, 0.5) is 4.39 Å². The molecule has 0 spiro atoms. The van der Waals surface area contributed by atoms with Crippen molar-refractivity contribution in [2.24, 2.45) is 5.10 Å². The monoisotopic (exact) mass is 282 g/mol. The summed E-state index contributed by atoms with van der Waals surface area (Å²) in [6, 6.07) is 15.8. The number of amides is 1. The predicted octanol–water partition coefficient (Wildman–Crippen LogP) is 3.00. The van der Waals surface area contributed by atoms with Crippen LogP contribution < -0.4 is 0 Å². The van der Waals surface area contributed by atoms with Crippen molar-refractivity contribution in [3.05, 3.63) is 71.5 Å². The maximum atomic E-state index is 12.9. The Morgan fingerprint density at radius 3 is 2.52 bits per heavy atom. The molecule has 1 aliphatic rings. The van der Waals surface area contributed by atoms with Crippen molar-refractivity contribution in [3.63, 3.8) is 0 Å². The van der Waals surface area contributed by atoms with Crippen molar-refractivity contribution in [1.29, 1.82) is 0 Å². The van der Waals surface area contributed by atoms with Crippen LogP contribution in [0.2, 0.25) is 0 Å². The highest BCUT2D eigenvalue weighted by Gasteiger charge is 2.21. The third kappa shape index (κ3) is 3.16. The van der Waals surface area contributed by atoms with Gasteiger partial charge in [-0.05, 0) is 23.3 Å². The van der Waals surface area contributed by atoms with Gasteiger partial charge in [0.2, 0.25) is 5.91 Å². The van der Waals surface area contributed by atoms with E-state index in [4.69, 9.17) is 0 Å². The van der Waals surface area contributed by atoms with Crippen LogP contribution in [-0.4, -0.2) is 23.2 Å². The molecule has 21 heavy (non-hydrogen) atoms. The maximum Gasteiger partial charge on any atom is 0.247 e. The Bertz CT molecular complexity index is 665. The first-order valence-electron chi connectivity index (χ1n) is 6.90. The molecule has 0 aromatic heterocycles. The van der Waals surface area contributed by atoms with E-state index in [0.717, 1.165) is 16.8 Å². The Morgan fingerprint density at radius 1 is 1.10 bits per heavy atom. The molecular formula is C17H15FN2O. The summed E-state index contributed by atoms with van der Waals surface area (Å²) in [6.45, 7) is 0.582. The summed E-state index contributed by atoms with van der Waals surface area (Å²) < 4.78 is 12.9. The van der Waals surface area contributed by atoms with Crippen molar-refractivity contribution in [1.82, 2.24) is 5.01 Å². The van der Waals surface area contributed by atoms with Gasteiger partial charge in [0.15, 0.2) is 0 Å². The molecule has 106 valence electrons. The molecule has 0 N–H and O–H groups in total. The molecule has 1 heterocycles. The second kappa shape index (κ2) is 5.87. The first-order valence-corrected chi connectivity index (χ1v) is 6.90. The molecular weight excluding hydrogens is 267 g/mol. The molecule has 0 radical (unpaired) electrons. The van der Waals surface area contributed by atoms with Gasteiger partial charge in [-0.25, -0.2) is 9.40 Å². The predicted molar refractivity (Wildman–Crippen MR) is 79.4 cm³/mol. The lowest BCUT2D eigenvalue weighted by Crippen LogP contribution is -2.25. The molecule has 3 nitrogen and oxygen atoms in total. The Labute approximate surface area is 122 Å². The molecule has 0 saturated heterocycles. The van der Waals surface area contributed by atoms with Gasteiger partial charge in [-0.2, -0.15) is 5.10 Å². The molecule has 0 atom stereocenters. The fourth-order valence-electron chi connectivity index (χ4n) is 2.34. The van der Waals surface area contributed by atoms with Crippen LogP contribution >= 0.6 is 0 Å². The number of hydrogen-bond acceptors (Lipinski definition) is 2. The largest absolute Gasteiger partial charge is 0.273 e. The lowest BCUT2D eigenvalue weighted by molar-refractivity contribution is -0.130. The van der Waals surface area contributed by atoms with Crippen LogP contribution in [0, 0.1) is 5.82 Å². The van der Waals surface area contributed by atoms with Crippen molar-refractivity contribution in [3.8, 4) is 0 Å². The van der Waals surface area contributed by atoms with Gasteiger partial charge in [-0.1, -0.05) is 42.5 Å². The van der Waals surface area contributed by atoms with E-state index >= 15 is 0 Å². The second-order valence-corrected chi connectivity index (χ2v) is 4.98. The standard InChI is InChI=1S/C17H15FN2O/c18-15-8-6-14(7-9-15)16-10-11-20(19-16)17(21)12-13-4-2-1-3-5-13/h1-9H,10-12H2. The van der Waals surface area contributed by atoms with Gasteiger partial charge in [-0.3, -0.25) is 4.79 Å². The summed E-state index contributed by atoms with van der Waals surface area (Å²) in [7, 11) is 0. The Hall–Kier alpha value is -2.49. The van der Waals surface area contributed by atoms with E-state index < -0.39 is 0 Å². The molecule has 3 rings (SSSR count). The van der Waals surface area contributed by atoms with Gasteiger partial charge in [0, 0.05) is 6.42 Å². The van der Waals surface area contributed by atoms with Crippen molar-refractivity contribution in [2.75, 3.05) is 6.54 Å². The minimum absolute atomic E-state index is 0.0155. The van der Waals surface area contributed by atoms with Crippen LogP contribution in [0.25, 0.3) is 0 Å². The third-order valence-corrected chi connectivity index (χ3v) is 3.47. The Kier molecular flexibility index (Phi) is 3.77. The molecule has 0 unspecified atom stereocenters. The summed E-state index contributed by atoms with van der Waals surface area (Å²) in [5.41, 5.74) is 2.68. The number of rotatable bonds is 3. The van der Waals surface area contributed by atoms with Gasteiger partial charge < -0.3 is 0 Å². The van der Waals surface area contributed by atoms with Gasteiger partial charge in [0.1, 0.15) is 5.82 Å². The van der Waals surface area contributed by atoms with Crippen molar-refractivity contribution >= 4 is 11.6 Å². The minimum Gasteiger partial charge on any atom is -0.273 e. The Morgan fingerprint density at radius 2 is 1.81 bits per heavy atom. The summed E-state index contributed by atoms with van der Waals surface area (Å²) in [4.78, 5) is 12.2. The van der Waals surface area contributed by atoms with Gasteiger partial charge in [-0.15, -0.1) is 0 Å². The van der Waals surface area contributed by atoms with Gasteiger partial charge in [0.05, 0.1) is 18.7 Å². The van der Waals surface area contributed by atoms with E-state index in [0.29, 0.717) is 19.4 Å². The summed E-state index contributed by atoms with van der Waals surface area (Å²) in [6.07, 6.45) is 1.05. The van der Waals surface area contributed by atoms with E-state index in [1.807, 2.05) is 30.3 Å². The van der Waals surface area contributed by atoms with Crippen LogP contribution in [0.1, 0.15) is 17.5 Å². The third-order valence-electron chi connectivity index (χ3n) is 3.47. The summed E-state index contributed by atoms with van der Waals surface area (Å²) >= 11 is 0. The highest BCUT2D eigenvalue weighted by Crippen LogP contribution is 2.15. The first kappa shape index (κ1) is 13.5. The van der Waals surface area contributed by atoms with E-state index in [2.05, 4.69) is 5.10 Å². The van der Waals surface area contributed by atoms with E-state index in [-0.39, 0.29) is 11.7 Å². The SMILES string of the molecule is O=C(Cc1ccccc1)N1CCC(c2ccc(F)cc2)=N1. The Balaban J connectivity index is 1.70. The first-order chi connectivity index (χ1) is 10.2. The highest BCUT2D eigenvalue weighted by molar-refractivity contribution is 6.02. The van der Waals surface area contributed by atoms with Crippen LogP contribution in [0.15, 0.2) is 59.7 Å². The van der Waals surface area contributed by atoms with Gasteiger partial charge >= 0.3 is 0 Å². The van der Waals surface area contributed by atoms with E-state index in [1.54, 1.807) is 12.1 Å². The molecule has 1 aliphatic heterocycles. The number of halogens is 1. The molecule has 0 fully saturated rings. The number of nitrogens with zero attached hydrogens (tertiary/aromatic N) is 2. The smallest absolute Gasteiger partial charge is 0.247 e. The summed E-state index contributed by atoms with van der Waals surface area (Å²) in [5.74, 6) is -0.285. The average Bonchev–Trinajstić information content (AvgIpc) is 2.99. The number of hydrogen-bond donors (Lipinski definition) is 0. The molecule has 4 heteroatoms. The highest BCUT2D eigenvalue weighted by atomic mass is 19.1. The second-order valence-electron chi connectivity index (χ2n) is 4.98. The number of carbonyl (C=O) groups is 1. The molecule has 0 saturated carbocycles. The van der Waals surface area contributed by atoms with Crippen LogP contribution in [-0.2, 0) is 11.2 Å². The molecule has 0 bridgehead atoms. The van der Waals surface area contributed by atoms with Crippen molar-refractivity contribution < 1.29 is 9.18 Å². The van der Waals surface area contributed by atoms with Crippen LogP contribution in [0.3, 0.4) is 0 Å². The normalized spacial score (nSPS) is 14.1. The quantitative estimate of drug-likeness (QED) is 0.851. The fraction of sp³-hybridized carbons (Fsp3) is 0.176. The number of hydrazone groups is 1.